The SMILES string of the molecule is CC(=O)OC(=O)C(C)=O.O.[Zn]. The summed E-state index contributed by atoms with van der Waals surface area (Å²) < 4.78 is 3.88. The zero-order chi connectivity index (χ0) is 7.44. The number of Topliss-reactive ketones (excluding diaryl/α,β-unsaturated/α-hetero) is 1. The molecule has 0 heterocycles. The van der Waals surface area contributed by atoms with Crippen LogP contribution in [0.1, 0.15) is 13.8 Å². The summed E-state index contributed by atoms with van der Waals surface area (Å²) in [4.78, 5) is 30.2. The summed E-state index contributed by atoms with van der Waals surface area (Å²) in [7, 11) is 0. The predicted molar refractivity (Wildman–Crippen MR) is 31.1 cm³/mol. The van der Waals surface area contributed by atoms with Gasteiger partial charge >= 0.3 is 11.9 Å². The summed E-state index contributed by atoms with van der Waals surface area (Å²) in [6.45, 7) is 2.09. The number of ketones is 1. The van der Waals surface area contributed by atoms with Crippen LogP contribution in [0.3, 0.4) is 0 Å². The summed E-state index contributed by atoms with van der Waals surface area (Å²) >= 11 is 0. The van der Waals surface area contributed by atoms with E-state index in [4.69, 9.17) is 0 Å². The first-order valence-electron chi connectivity index (χ1n) is 2.27. The number of carbonyl (C=O) groups excluding carboxylic acids is 3. The summed E-state index contributed by atoms with van der Waals surface area (Å²) in [6.07, 6.45) is 0. The van der Waals surface area contributed by atoms with Gasteiger partial charge in [0.2, 0.25) is 5.78 Å². The molecule has 11 heavy (non-hydrogen) atoms. The van der Waals surface area contributed by atoms with Crippen molar-refractivity contribution >= 4 is 17.7 Å². The number of ether oxygens (including phenoxy) is 1. The van der Waals surface area contributed by atoms with E-state index in [1.54, 1.807) is 0 Å². The van der Waals surface area contributed by atoms with Crippen LogP contribution in [0.25, 0.3) is 0 Å². The van der Waals surface area contributed by atoms with Crippen molar-refractivity contribution in [2.24, 2.45) is 0 Å². The van der Waals surface area contributed by atoms with Crippen molar-refractivity contribution in [3.63, 3.8) is 0 Å². The predicted octanol–water partition coefficient (Wildman–Crippen LogP) is -1.16. The van der Waals surface area contributed by atoms with E-state index in [-0.39, 0.29) is 25.0 Å². The van der Waals surface area contributed by atoms with Gasteiger partial charge in [0.1, 0.15) is 0 Å². The molecule has 0 amide bonds. The Balaban J connectivity index is -0.000000320. The summed E-state index contributed by atoms with van der Waals surface area (Å²) in [5.74, 6) is -2.65. The van der Waals surface area contributed by atoms with E-state index in [1.165, 1.54) is 0 Å². The molecule has 0 saturated heterocycles. The fourth-order valence-corrected chi connectivity index (χ4v) is 0.202. The van der Waals surface area contributed by atoms with Crippen LogP contribution in [0.4, 0.5) is 0 Å². The van der Waals surface area contributed by atoms with Crippen LogP contribution in [-0.4, -0.2) is 23.2 Å². The van der Waals surface area contributed by atoms with Crippen LogP contribution in [0.2, 0.25) is 0 Å². The Morgan fingerprint density at radius 1 is 1.09 bits per heavy atom. The second kappa shape index (κ2) is 7.50. The molecule has 0 spiro atoms. The monoisotopic (exact) mass is 212 g/mol. The van der Waals surface area contributed by atoms with Gasteiger partial charge in [0.15, 0.2) is 0 Å². The molecule has 6 heteroatoms. The Kier molecular flexibility index (Phi) is 11.4. The maximum absolute atomic E-state index is 10.2. The van der Waals surface area contributed by atoms with Gasteiger partial charge in [0, 0.05) is 33.3 Å². The molecule has 2 N–H and O–H groups in total. The second-order valence-electron chi connectivity index (χ2n) is 1.44. The third-order valence-electron chi connectivity index (χ3n) is 0.524. The van der Waals surface area contributed by atoms with E-state index >= 15 is 0 Å². The van der Waals surface area contributed by atoms with E-state index in [0.29, 0.717) is 0 Å². The minimum Gasteiger partial charge on any atom is -0.412 e. The molecule has 0 bridgehead atoms. The fraction of sp³-hybridized carbons (Fsp3) is 0.400. The Morgan fingerprint density at radius 3 is 1.55 bits per heavy atom. The Morgan fingerprint density at radius 2 is 1.45 bits per heavy atom. The molecule has 0 fully saturated rings. The van der Waals surface area contributed by atoms with E-state index in [9.17, 15) is 14.4 Å². The van der Waals surface area contributed by atoms with Crippen molar-refractivity contribution in [2.75, 3.05) is 0 Å². The number of carbonyl (C=O) groups is 3. The third kappa shape index (κ3) is 9.39. The molecule has 0 rings (SSSR count). The minimum atomic E-state index is -1.11. The molecule has 60 valence electrons. The van der Waals surface area contributed by atoms with Gasteiger partial charge in [-0.05, 0) is 0 Å². The molecule has 0 saturated carbocycles. The van der Waals surface area contributed by atoms with Gasteiger partial charge in [-0.1, -0.05) is 0 Å². The van der Waals surface area contributed by atoms with Crippen LogP contribution < -0.4 is 0 Å². The van der Waals surface area contributed by atoms with Gasteiger partial charge in [0.05, 0.1) is 0 Å². The average Bonchev–Trinajstić information content (AvgIpc) is 1.63. The normalized spacial score (nSPS) is 6.73. The number of hydrogen-bond acceptors (Lipinski definition) is 4. The van der Waals surface area contributed by atoms with Crippen molar-refractivity contribution in [1.82, 2.24) is 0 Å². The standard InChI is InChI=1S/C5H6O4.H2O.Zn/c1-3(6)5(8)9-4(2)7;;/h1-2H3;1H2;. The summed E-state index contributed by atoms with van der Waals surface area (Å²) in [6, 6.07) is 0. The van der Waals surface area contributed by atoms with E-state index in [0.717, 1.165) is 13.8 Å². The van der Waals surface area contributed by atoms with Crippen molar-refractivity contribution in [3.8, 4) is 0 Å². The van der Waals surface area contributed by atoms with Gasteiger partial charge < -0.3 is 10.2 Å². The van der Waals surface area contributed by atoms with Crippen molar-refractivity contribution < 1.29 is 44.1 Å². The van der Waals surface area contributed by atoms with Crippen molar-refractivity contribution in [2.45, 2.75) is 13.8 Å². The van der Waals surface area contributed by atoms with E-state index < -0.39 is 17.7 Å². The summed E-state index contributed by atoms with van der Waals surface area (Å²) in [5.41, 5.74) is 0. The number of esters is 2. The van der Waals surface area contributed by atoms with Crippen LogP contribution in [0, 0.1) is 0 Å². The first-order chi connectivity index (χ1) is 4.04. The second-order valence-corrected chi connectivity index (χ2v) is 1.44. The average molecular weight is 214 g/mol. The Labute approximate surface area is 76.2 Å². The van der Waals surface area contributed by atoms with Gasteiger partial charge in [-0.15, -0.1) is 0 Å². The quantitative estimate of drug-likeness (QED) is 0.238. The van der Waals surface area contributed by atoms with Gasteiger partial charge in [-0.25, -0.2) is 4.79 Å². The van der Waals surface area contributed by atoms with Crippen LogP contribution in [0.15, 0.2) is 0 Å². The third-order valence-corrected chi connectivity index (χ3v) is 0.524. The largest absolute Gasteiger partial charge is 0.412 e. The fourth-order valence-electron chi connectivity index (χ4n) is 0.202. The molecule has 0 aliphatic carbocycles. The van der Waals surface area contributed by atoms with Crippen molar-refractivity contribution in [3.05, 3.63) is 0 Å². The molecule has 0 atom stereocenters. The van der Waals surface area contributed by atoms with Gasteiger partial charge in [0.25, 0.3) is 0 Å². The molecule has 0 unspecified atom stereocenters. The zero-order valence-electron chi connectivity index (χ0n) is 6.34. The topological polar surface area (TPSA) is 91.9 Å². The maximum atomic E-state index is 10.2. The maximum Gasteiger partial charge on any atom is 0.381 e. The molecule has 0 aromatic heterocycles. The summed E-state index contributed by atoms with van der Waals surface area (Å²) in [5, 5.41) is 0. The zero-order valence-corrected chi connectivity index (χ0v) is 9.31. The van der Waals surface area contributed by atoms with Gasteiger partial charge in [-0.3, -0.25) is 9.59 Å². The molecular weight excluding hydrogens is 205 g/mol. The molecule has 0 aromatic carbocycles. The molecular formula is C5H8O5Zn. The molecule has 0 aliphatic heterocycles. The number of hydrogen-bond donors (Lipinski definition) is 0. The van der Waals surface area contributed by atoms with E-state index in [2.05, 4.69) is 4.74 Å². The van der Waals surface area contributed by atoms with Crippen LogP contribution in [-0.2, 0) is 38.6 Å². The minimum absolute atomic E-state index is 0. The molecule has 5 nitrogen and oxygen atoms in total. The van der Waals surface area contributed by atoms with E-state index in [1.807, 2.05) is 0 Å². The number of rotatable bonds is 1. The van der Waals surface area contributed by atoms with Gasteiger partial charge in [-0.2, -0.15) is 0 Å². The van der Waals surface area contributed by atoms with Crippen molar-refractivity contribution in [1.29, 1.82) is 0 Å². The first-order valence-corrected chi connectivity index (χ1v) is 2.27. The Hall–Kier alpha value is -0.607. The molecule has 0 radical (unpaired) electrons. The smallest absolute Gasteiger partial charge is 0.381 e. The van der Waals surface area contributed by atoms with Crippen LogP contribution >= 0.6 is 0 Å². The first kappa shape index (κ1) is 16.8. The molecule has 0 aromatic rings. The van der Waals surface area contributed by atoms with Crippen LogP contribution in [0.5, 0.6) is 0 Å². The molecule has 0 aliphatic rings. The Bertz CT molecular complexity index is 164.